The number of rotatable bonds is 4. The number of nitrogens with one attached hydrogen (secondary N) is 1. The lowest BCUT2D eigenvalue weighted by Crippen LogP contribution is -2.24. The molecule has 0 unspecified atom stereocenters. The maximum Gasteiger partial charge on any atom is 0.261 e. The zero-order valence-electron chi connectivity index (χ0n) is 13.6. The molecule has 0 spiro atoms. The molecule has 0 fully saturated rings. The summed E-state index contributed by atoms with van der Waals surface area (Å²) in [6, 6.07) is 12.7. The second-order valence-electron chi connectivity index (χ2n) is 5.78. The molecule has 2 aromatic carbocycles. The third-order valence-corrected chi connectivity index (χ3v) is 4.20. The molecule has 3 amide bonds. The Morgan fingerprint density at radius 2 is 1.75 bits per heavy atom. The number of hydrogen-bond acceptors (Lipinski definition) is 3. The third kappa shape index (κ3) is 2.80. The van der Waals surface area contributed by atoms with Crippen molar-refractivity contribution in [3.63, 3.8) is 0 Å². The van der Waals surface area contributed by atoms with E-state index < -0.39 is 0 Å². The van der Waals surface area contributed by atoms with Crippen molar-refractivity contribution in [3.05, 3.63) is 64.7 Å². The van der Waals surface area contributed by atoms with E-state index in [-0.39, 0.29) is 24.1 Å². The fourth-order valence-electron chi connectivity index (χ4n) is 2.82. The lowest BCUT2D eigenvalue weighted by molar-refractivity contribution is -0.115. The van der Waals surface area contributed by atoms with Crippen LogP contribution >= 0.6 is 0 Å². The SMILES string of the molecule is CCc1ccc(NC(=O)Cc2cccc3c2C(=O)N(C)C3=O)cc1. The highest BCUT2D eigenvalue weighted by atomic mass is 16.2. The molecule has 1 aliphatic rings. The van der Waals surface area contributed by atoms with Crippen molar-refractivity contribution >= 4 is 23.4 Å². The number of carbonyl (C=O) groups is 3. The summed E-state index contributed by atoms with van der Waals surface area (Å²) >= 11 is 0. The average Bonchev–Trinajstić information content (AvgIpc) is 2.81. The molecule has 2 aromatic rings. The Morgan fingerprint density at radius 3 is 2.42 bits per heavy atom. The maximum atomic E-state index is 12.3. The van der Waals surface area contributed by atoms with Crippen LogP contribution in [0.5, 0.6) is 0 Å². The first-order valence-electron chi connectivity index (χ1n) is 7.84. The molecule has 0 atom stereocenters. The molecule has 0 saturated carbocycles. The number of anilines is 1. The lowest BCUT2D eigenvalue weighted by atomic mass is 10.00. The van der Waals surface area contributed by atoms with E-state index in [4.69, 9.17) is 0 Å². The van der Waals surface area contributed by atoms with Gasteiger partial charge in [0.15, 0.2) is 0 Å². The number of hydrogen-bond donors (Lipinski definition) is 1. The van der Waals surface area contributed by atoms with Crippen molar-refractivity contribution in [2.24, 2.45) is 0 Å². The van der Waals surface area contributed by atoms with Crippen molar-refractivity contribution in [3.8, 4) is 0 Å². The molecule has 5 nitrogen and oxygen atoms in total. The quantitative estimate of drug-likeness (QED) is 0.880. The average molecular weight is 322 g/mol. The van der Waals surface area contributed by atoms with E-state index in [0.717, 1.165) is 11.3 Å². The third-order valence-electron chi connectivity index (χ3n) is 4.20. The van der Waals surface area contributed by atoms with Gasteiger partial charge in [-0.25, -0.2) is 0 Å². The molecule has 1 aliphatic heterocycles. The molecule has 1 heterocycles. The monoisotopic (exact) mass is 322 g/mol. The van der Waals surface area contributed by atoms with Crippen molar-refractivity contribution in [1.29, 1.82) is 0 Å². The predicted octanol–water partition coefficient (Wildman–Crippen LogP) is 2.66. The molecule has 0 radical (unpaired) electrons. The number of amides is 3. The molecule has 5 heteroatoms. The first-order valence-corrected chi connectivity index (χ1v) is 7.84. The van der Waals surface area contributed by atoms with Crippen LogP contribution in [0, 0.1) is 0 Å². The van der Waals surface area contributed by atoms with Gasteiger partial charge < -0.3 is 5.32 Å². The molecule has 24 heavy (non-hydrogen) atoms. The van der Waals surface area contributed by atoms with Crippen molar-refractivity contribution < 1.29 is 14.4 Å². The lowest BCUT2D eigenvalue weighted by Gasteiger charge is -2.08. The Kier molecular flexibility index (Phi) is 4.16. The molecular formula is C19H18N2O3. The molecule has 1 N–H and O–H groups in total. The van der Waals surface area contributed by atoms with Gasteiger partial charge in [0.05, 0.1) is 17.5 Å². The number of aryl methyl sites for hydroxylation is 1. The normalized spacial score (nSPS) is 13.2. The van der Waals surface area contributed by atoms with E-state index in [1.165, 1.54) is 12.6 Å². The number of fused-ring (bicyclic) bond motifs is 1. The topological polar surface area (TPSA) is 66.5 Å². The van der Waals surface area contributed by atoms with Crippen LogP contribution in [0.2, 0.25) is 0 Å². The van der Waals surface area contributed by atoms with Gasteiger partial charge in [0.2, 0.25) is 5.91 Å². The minimum absolute atomic E-state index is 0.0472. The summed E-state index contributed by atoms with van der Waals surface area (Å²) in [6.07, 6.45) is 0.986. The van der Waals surface area contributed by atoms with Crippen LogP contribution in [0.3, 0.4) is 0 Å². The van der Waals surface area contributed by atoms with Gasteiger partial charge in [-0.05, 0) is 35.7 Å². The zero-order chi connectivity index (χ0) is 17.3. The van der Waals surface area contributed by atoms with Gasteiger partial charge in [0, 0.05) is 12.7 Å². The summed E-state index contributed by atoms with van der Waals surface area (Å²) in [5, 5.41) is 2.82. The Labute approximate surface area is 140 Å². The highest BCUT2D eigenvalue weighted by molar-refractivity contribution is 6.22. The Morgan fingerprint density at radius 1 is 1.04 bits per heavy atom. The van der Waals surface area contributed by atoms with Gasteiger partial charge in [-0.3, -0.25) is 19.3 Å². The second kappa shape index (κ2) is 6.28. The van der Waals surface area contributed by atoms with E-state index in [0.29, 0.717) is 22.4 Å². The van der Waals surface area contributed by atoms with Crippen LogP contribution in [0.1, 0.15) is 38.8 Å². The van der Waals surface area contributed by atoms with Crippen LogP contribution in [0.25, 0.3) is 0 Å². The van der Waals surface area contributed by atoms with E-state index in [1.54, 1.807) is 18.2 Å². The minimum Gasteiger partial charge on any atom is -0.326 e. The van der Waals surface area contributed by atoms with E-state index in [1.807, 2.05) is 24.3 Å². The van der Waals surface area contributed by atoms with Crippen molar-refractivity contribution in [1.82, 2.24) is 4.90 Å². The Hall–Kier alpha value is -2.95. The van der Waals surface area contributed by atoms with E-state index >= 15 is 0 Å². The summed E-state index contributed by atoms with van der Waals surface area (Å²) in [7, 11) is 1.45. The molecule has 0 bridgehead atoms. The van der Waals surface area contributed by atoms with Crippen LogP contribution in [0.4, 0.5) is 5.69 Å². The fourth-order valence-corrected chi connectivity index (χ4v) is 2.82. The second-order valence-corrected chi connectivity index (χ2v) is 5.78. The molecule has 0 aromatic heterocycles. The molecule has 122 valence electrons. The van der Waals surface area contributed by atoms with Crippen LogP contribution in [-0.4, -0.2) is 29.7 Å². The van der Waals surface area contributed by atoms with Gasteiger partial charge in [0.25, 0.3) is 11.8 Å². The molecule has 0 saturated heterocycles. The van der Waals surface area contributed by atoms with Gasteiger partial charge in [-0.2, -0.15) is 0 Å². The highest BCUT2D eigenvalue weighted by Gasteiger charge is 2.34. The van der Waals surface area contributed by atoms with Crippen molar-refractivity contribution in [2.45, 2.75) is 19.8 Å². The number of benzene rings is 2. The number of imide groups is 1. The van der Waals surface area contributed by atoms with Crippen molar-refractivity contribution in [2.75, 3.05) is 12.4 Å². The first kappa shape index (κ1) is 15.9. The first-order chi connectivity index (χ1) is 11.5. The molecule has 3 rings (SSSR count). The maximum absolute atomic E-state index is 12.3. The Bertz CT molecular complexity index is 825. The van der Waals surface area contributed by atoms with Crippen LogP contribution in [0.15, 0.2) is 42.5 Å². The summed E-state index contributed by atoms with van der Waals surface area (Å²) in [6.45, 7) is 2.07. The van der Waals surface area contributed by atoms with Gasteiger partial charge in [-0.1, -0.05) is 31.2 Å². The summed E-state index contributed by atoms with van der Waals surface area (Å²) < 4.78 is 0. The zero-order valence-corrected chi connectivity index (χ0v) is 13.6. The fraction of sp³-hybridized carbons (Fsp3) is 0.211. The number of nitrogens with zero attached hydrogens (tertiary/aromatic N) is 1. The predicted molar refractivity (Wildman–Crippen MR) is 91.0 cm³/mol. The standard InChI is InChI=1S/C19H18N2O3/c1-3-12-7-9-14(10-8-12)20-16(22)11-13-5-4-6-15-17(13)19(24)21(2)18(15)23/h4-10H,3,11H2,1-2H3,(H,20,22). The van der Waals surface area contributed by atoms with Gasteiger partial charge >= 0.3 is 0 Å². The van der Waals surface area contributed by atoms with Gasteiger partial charge in [-0.15, -0.1) is 0 Å². The van der Waals surface area contributed by atoms with Crippen LogP contribution in [-0.2, 0) is 17.6 Å². The minimum atomic E-state index is -0.356. The Balaban J connectivity index is 1.78. The smallest absolute Gasteiger partial charge is 0.261 e. The number of carbonyl (C=O) groups excluding carboxylic acids is 3. The molecular weight excluding hydrogens is 304 g/mol. The summed E-state index contributed by atoms with van der Waals surface area (Å²) in [4.78, 5) is 37.6. The van der Waals surface area contributed by atoms with E-state index in [9.17, 15) is 14.4 Å². The van der Waals surface area contributed by atoms with E-state index in [2.05, 4.69) is 12.2 Å². The summed E-state index contributed by atoms with van der Waals surface area (Å²) in [5.41, 5.74) is 3.17. The van der Waals surface area contributed by atoms with Gasteiger partial charge in [0.1, 0.15) is 0 Å². The summed E-state index contributed by atoms with van der Waals surface area (Å²) in [5.74, 6) is -0.902. The highest BCUT2D eigenvalue weighted by Crippen LogP contribution is 2.25. The van der Waals surface area contributed by atoms with Crippen LogP contribution < -0.4 is 5.32 Å². The molecule has 0 aliphatic carbocycles. The largest absolute Gasteiger partial charge is 0.326 e.